The number of phenolic OH excluding ortho intramolecular Hbond substituents is 1. The second-order valence-corrected chi connectivity index (χ2v) is 8.73. The van der Waals surface area contributed by atoms with Gasteiger partial charge in [0.25, 0.3) is 0 Å². The van der Waals surface area contributed by atoms with Crippen LogP contribution < -0.4 is 0 Å². The first-order valence-electron chi connectivity index (χ1n) is 8.40. The van der Waals surface area contributed by atoms with Gasteiger partial charge in [0, 0.05) is 0 Å². The number of esters is 1. The van der Waals surface area contributed by atoms with Crippen molar-refractivity contribution in [2.75, 3.05) is 0 Å². The van der Waals surface area contributed by atoms with Gasteiger partial charge in [-0.2, -0.15) is 5.21 Å². The number of hydrogen-bond donors (Lipinski definition) is 2. The highest BCUT2D eigenvalue weighted by atomic mass is 32.1. The van der Waals surface area contributed by atoms with Crippen molar-refractivity contribution < 1.29 is 14.6 Å². The Labute approximate surface area is 158 Å². The molecular formula is C18H26N4O3S. The molecule has 142 valence electrons. The van der Waals surface area contributed by atoms with Crippen LogP contribution in [0.15, 0.2) is 12.1 Å². The van der Waals surface area contributed by atoms with Gasteiger partial charge in [-0.25, -0.2) is 4.68 Å². The predicted octanol–water partition coefficient (Wildman–Crippen LogP) is 3.38. The number of rotatable bonds is 4. The number of tetrazole rings is 1. The number of aromatic nitrogens is 4. The number of nitrogens with one attached hydrogen (secondary N) is 1. The molecule has 2 aromatic rings. The van der Waals surface area contributed by atoms with E-state index in [1.165, 1.54) is 4.68 Å². The maximum Gasteiger partial charge on any atom is 0.328 e. The van der Waals surface area contributed by atoms with Crippen molar-refractivity contribution in [1.29, 1.82) is 0 Å². The van der Waals surface area contributed by atoms with Gasteiger partial charge in [0.15, 0.2) is 0 Å². The molecule has 0 radical (unpaired) electrons. The standard InChI is InChI=1S/C18H26N4O3S/c1-17(2,3)12-7-11(8-13(15(12)24)18(4,5)6)10-25-14(23)9-22-16(26)19-20-21-22/h7-8,24H,9-10H2,1-6H3,(H,19,21,26). The Kier molecular flexibility index (Phi) is 5.55. The zero-order valence-electron chi connectivity index (χ0n) is 16.1. The summed E-state index contributed by atoms with van der Waals surface area (Å²) in [7, 11) is 0. The van der Waals surface area contributed by atoms with Crippen molar-refractivity contribution in [3.05, 3.63) is 33.6 Å². The lowest BCUT2D eigenvalue weighted by molar-refractivity contribution is -0.145. The second kappa shape index (κ2) is 7.19. The van der Waals surface area contributed by atoms with E-state index in [9.17, 15) is 9.90 Å². The largest absolute Gasteiger partial charge is 0.507 e. The molecule has 0 aliphatic carbocycles. The molecule has 0 aliphatic rings. The van der Waals surface area contributed by atoms with E-state index < -0.39 is 5.97 Å². The van der Waals surface area contributed by atoms with E-state index in [2.05, 4.69) is 15.5 Å². The fourth-order valence-electron chi connectivity index (χ4n) is 2.58. The summed E-state index contributed by atoms with van der Waals surface area (Å²) in [5.74, 6) is -0.148. The van der Waals surface area contributed by atoms with Crippen LogP contribution in [0.25, 0.3) is 0 Å². The third-order valence-electron chi connectivity index (χ3n) is 4.00. The second-order valence-electron chi connectivity index (χ2n) is 8.37. The van der Waals surface area contributed by atoms with Crippen LogP contribution in [0, 0.1) is 4.77 Å². The molecule has 0 atom stereocenters. The molecule has 2 N–H and O–H groups in total. The first kappa shape index (κ1) is 20.1. The highest BCUT2D eigenvalue weighted by Gasteiger charge is 2.26. The normalized spacial score (nSPS) is 12.2. The lowest BCUT2D eigenvalue weighted by Gasteiger charge is -2.28. The quantitative estimate of drug-likeness (QED) is 0.626. The fourth-order valence-corrected chi connectivity index (χ4v) is 2.72. The van der Waals surface area contributed by atoms with Crippen molar-refractivity contribution in [3.63, 3.8) is 0 Å². The van der Waals surface area contributed by atoms with E-state index >= 15 is 0 Å². The minimum absolute atomic E-state index is 0.0812. The van der Waals surface area contributed by atoms with Gasteiger partial charge in [-0.15, -0.1) is 0 Å². The maximum atomic E-state index is 12.1. The van der Waals surface area contributed by atoms with E-state index in [1.54, 1.807) is 0 Å². The Morgan fingerprint density at radius 1 is 1.19 bits per heavy atom. The zero-order valence-corrected chi connectivity index (χ0v) is 16.9. The summed E-state index contributed by atoms with van der Waals surface area (Å²) >= 11 is 4.93. The molecule has 0 saturated heterocycles. The monoisotopic (exact) mass is 378 g/mol. The van der Waals surface area contributed by atoms with Crippen LogP contribution in [-0.4, -0.2) is 31.3 Å². The maximum absolute atomic E-state index is 12.1. The molecule has 1 aromatic carbocycles. The molecule has 0 bridgehead atoms. The van der Waals surface area contributed by atoms with E-state index in [4.69, 9.17) is 17.0 Å². The third kappa shape index (κ3) is 4.69. The van der Waals surface area contributed by atoms with E-state index in [0.717, 1.165) is 16.7 Å². The number of ether oxygens (including phenoxy) is 1. The minimum atomic E-state index is -0.449. The van der Waals surface area contributed by atoms with Crippen LogP contribution in [0.5, 0.6) is 5.75 Å². The van der Waals surface area contributed by atoms with Crippen molar-refractivity contribution in [2.24, 2.45) is 0 Å². The number of carbonyl (C=O) groups is 1. The van der Waals surface area contributed by atoms with Crippen LogP contribution >= 0.6 is 12.2 Å². The lowest BCUT2D eigenvalue weighted by atomic mass is 9.78. The highest BCUT2D eigenvalue weighted by molar-refractivity contribution is 7.71. The van der Waals surface area contributed by atoms with Gasteiger partial charge in [0.1, 0.15) is 18.9 Å². The molecule has 7 nitrogen and oxygen atoms in total. The van der Waals surface area contributed by atoms with Crippen molar-refractivity contribution in [3.8, 4) is 5.75 Å². The van der Waals surface area contributed by atoms with Crippen LogP contribution in [0.3, 0.4) is 0 Å². The number of nitrogens with zero attached hydrogens (tertiary/aromatic N) is 3. The van der Waals surface area contributed by atoms with Crippen LogP contribution in [0.1, 0.15) is 58.2 Å². The molecule has 0 fully saturated rings. The number of phenols is 1. The summed E-state index contributed by atoms with van der Waals surface area (Å²) in [6.07, 6.45) is 0. The number of aromatic hydroxyl groups is 1. The van der Waals surface area contributed by atoms with Crippen LogP contribution in [-0.2, 0) is 33.5 Å². The Morgan fingerprint density at radius 3 is 2.15 bits per heavy atom. The van der Waals surface area contributed by atoms with Crippen molar-refractivity contribution in [2.45, 2.75) is 65.5 Å². The Bertz CT molecular complexity index is 821. The topological polar surface area (TPSA) is 93.0 Å². The molecule has 8 heteroatoms. The molecule has 0 spiro atoms. The molecule has 2 rings (SSSR count). The zero-order chi connectivity index (χ0) is 19.7. The van der Waals surface area contributed by atoms with E-state index in [-0.39, 0.29) is 28.8 Å². The summed E-state index contributed by atoms with van der Waals surface area (Å²) in [4.78, 5) is 12.1. The van der Waals surface area contributed by atoms with Gasteiger partial charge < -0.3 is 9.84 Å². The smallest absolute Gasteiger partial charge is 0.328 e. The van der Waals surface area contributed by atoms with E-state index in [1.807, 2.05) is 53.7 Å². The van der Waals surface area contributed by atoms with Gasteiger partial charge in [0.05, 0.1) is 0 Å². The van der Waals surface area contributed by atoms with Gasteiger partial charge in [-0.05, 0) is 51.9 Å². The minimum Gasteiger partial charge on any atom is -0.507 e. The fraction of sp³-hybridized carbons (Fsp3) is 0.556. The molecular weight excluding hydrogens is 352 g/mol. The Morgan fingerprint density at radius 2 is 1.73 bits per heavy atom. The molecule has 0 unspecified atom stereocenters. The first-order chi connectivity index (χ1) is 11.9. The summed E-state index contributed by atoms with van der Waals surface area (Å²) in [6.45, 7) is 12.3. The van der Waals surface area contributed by atoms with E-state index in [0.29, 0.717) is 5.75 Å². The van der Waals surface area contributed by atoms with Gasteiger partial charge in [0.2, 0.25) is 4.77 Å². The Hall–Kier alpha value is -2.22. The summed E-state index contributed by atoms with van der Waals surface area (Å²) in [5, 5.41) is 20.4. The number of aromatic amines is 1. The number of hydrogen-bond acceptors (Lipinski definition) is 6. The molecule has 0 amide bonds. The molecule has 0 saturated carbocycles. The van der Waals surface area contributed by atoms with Crippen LogP contribution in [0.2, 0.25) is 0 Å². The average Bonchev–Trinajstić information content (AvgIpc) is 2.89. The SMILES string of the molecule is CC(C)(C)c1cc(COC(=O)Cn2[nH]nnc2=S)cc(C(C)(C)C)c1O. The number of benzene rings is 1. The number of H-pyrrole nitrogens is 1. The molecule has 0 aliphatic heterocycles. The van der Waals surface area contributed by atoms with Crippen LogP contribution in [0.4, 0.5) is 0 Å². The summed E-state index contributed by atoms with van der Waals surface area (Å²) in [6, 6.07) is 3.78. The first-order valence-corrected chi connectivity index (χ1v) is 8.81. The molecule has 26 heavy (non-hydrogen) atoms. The summed E-state index contributed by atoms with van der Waals surface area (Å²) < 4.78 is 6.89. The van der Waals surface area contributed by atoms with Gasteiger partial charge in [-0.1, -0.05) is 51.9 Å². The van der Waals surface area contributed by atoms with Crippen molar-refractivity contribution >= 4 is 18.2 Å². The van der Waals surface area contributed by atoms with Crippen molar-refractivity contribution in [1.82, 2.24) is 20.2 Å². The van der Waals surface area contributed by atoms with Gasteiger partial charge >= 0.3 is 5.97 Å². The van der Waals surface area contributed by atoms with Gasteiger partial charge in [-0.3, -0.25) is 4.79 Å². The molecule has 1 aromatic heterocycles. The summed E-state index contributed by atoms with van der Waals surface area (Å²) in [5.41, 5.74) is 2.02. The third-order valence-corrected chi connectivity index (χ3v) is 4.31. The molecule has 1 heterocycles. The Balaban J connectivity index is 2.24. The predicted molar refractivity (Wildman–Crippen MR) is 101 cm³/mol. The number of carbonyl (C=O) groups excluding carboxylic acids is 1. The average molecular weight is 378 g/mol. The lowest BCUT2D eigenvalue weighted by Crippen LogP contribution is -2.19. The highest BCUT2D eigenvalue weighted by Crippen LogP contribution is 2.39.